The number of carbonyl (C=O) groups is 3. The van der Waals surface area contributed by atoms with Gasteiger partial charge in [-0.1, -0.05) is 41.9 Å². The van der Waals surface area contributed by atoms with Crippen LogP contribution in [0.15, 0.2) is 88.4 Å². The van der Waals surface area contributed by atoms with Crippen molar-refractivity contribution in [3.8, 4) is 5.75 Å². The molecule has 0 heterocycles. The number of amides is 1. The average Bonchev–Trinajstić information content (AvgIpc) is 2.80. The van der Waals surface area contributed by atoms with Crippen molar-refractivity contribution in [3.63, 3.8) is 0 Å². The van der Waals surface area contributed by atoms with E-state index in [-0.39, 0.29) is 27.4 Å². The lowest BCUT2D eigenvalue weighted by Crippen LogP contribution is -2.14. The second kappa shape index (κ2) is 10.4. The molecule has 0 bridgehead atoms. The summed E-state index contributed by atoms with van der Waals surface area (Å²) in [6.07, 6.45) is 0. The summed E-state index contributed by atoms with van der Waals surface area (Å²) < 4.78 is 0. The number of ketones is 1. The first kappa shape index (κ1) is 24.1. The van der Waals surface area contributed by atoms with Crippen LogP contribution < -0.4 is 5.32 Å². The number of aromatic hydroxyl groups is 1. The zero-order valence-electron chi connectivity index (χ0n) is 17.7. The van der Waals surface area contributed by atoms with Crippen LogP contribution >= 0.6 is 11.6 Å². The smallest absolute Gasteiger partial charge is 0.336 e. The lowest BCUT2D eigenvalue weighted by Gasteiger charge is -2.08. The Morgan fingerprint density at radius 2 is 1.56 bits per heavy atom. The molecule has 34 heavy (non-hydrogen) atoms. The van der Waals surface area contributed by atoms with E-state index in [0.717, 1.165) is 6.07 Å². The minimum absolute atomic E-state index is 0.0238. The van der Waals surface area contributed by atoms with Crippen molar-refractivity contribution in [2.45, 2.75) is 6.92 Å². The number of carboxylic acids is 1. The maximum Gasteiger partial charge on any atom is 0.336 e. The summed E-state index contributed by atoms with van der Waals surface area (Å²) in [7, 11) is 0. The number of rotatable bonds is 7. The topological polar surface area (TPSA) is 149 Å². The minimum atomic E-state index is -1.26. The molecule has 0 radical (unpaired) electrons. The normalized spacial score (nSPS) is 11.7. The fourth-order valence-electron chi connectivity index (χ4n) is 2.90. The minimum Gasteiger partial charge on any atom is -0.510 e. The number of nitrogens with one attached hydrogen (secondary N) is 1. The summed E-state index contributed by atoms with van der Waals surface area (Å²) in [6, 6.07) is 15.9. The highest BCUT2D eigenvalue weighted by Crippen LogP contribution is 2.30. The number of aliphatic hydroxyl groups is 1. The highest BCUT2D eigenvalue weighted by Gasteiger charge is 2.19. The molecule has 10 heteroatoms. The Hall–Kier alpha value is -4.50. The van der Waals surface area contributed by atoms with Crippen molar-refractivity contribution >= 4 is 40.6 Å². The van der Waals surface area contributed by atoms with Gasteiger partial charge in [0.15, 0.2) is 11.5 Å². The van der Waals surface area contributed by atoms with Gasteiger partial charge in [-0.05, 0) is 43.3 Å². The molecule has 3 aromatic rings. The number of benzene rings is 3. The number of nitrogens with zero attached hydrogens (tertiary/aromatic N) is 2. The number of allylic oxidation sites excluding steroid dienone is 1. The Balaban J connectivity index is 1.84. The van der Waals surface area contributed by atoms with Gasteiger partial charge in [0.2, 0.25) is 0 Å². The quantitative estimate of drug-likeness (QED) is 0.152. The predicted octanol–water partition coefficient (Wildman–Crippen LogP) is 5.49. The number of halogens is 1. The van der Waals surface area contributed by atoms with Gasteiger partial charge >= 0.3 is 5.97 Å². The molecule has 0 aliphatic heterocycles. The molecule has 1 amide bonds. The zero-order valence-corrected chi connectivity index (χ0v) is 18.4. The van der Waals surface area contributed by atoms with Crippen LogP contribution in [0.25, 0.3) is 0 Å². The lowest BCUT2D eigenvalue weighted by atomic mass is 9.98. The predicted molar refractivity (Wildman–Crippen MR) is 125 cm³/mol. The third kappa shape index (κ3) is 5.45. The van der Waals surface area contributed by atoms with Crippen LogP contribution in [0.3, 0.4) is 0 Å². The standard InChI is InChI=1S/C24H18ClN3O6/c1-13(29)21(23(32)26-18-9-5-4-8-17(18)25)28-27-19-11-10-14(12-20(19)30)22(31)15-6-2-3-7-16(15)24(33)34/h2-12,29-30H,1H3,(H,26,32)(H,33,34). The molecule has 172 valence electrons. The fourth-order valence-corrected chi connectivity index (χ4v) is 3.09. The number of carbonyl (C=O) groups excluding carboxylic acids is 2. The molecule has 0 fully saturated rings. The maximum absolute atomic E-state index is 12.7. The first-order valence-electron chi connectivity index (χ1n) is 9.76. The molecule has 9 nitrogen and oxygen atoms in total. The van der Waals surface area contributed by atoms with Gasteiger partial charge in [-0.3, -0.25) is 9.59 Å². The fraction of sp³-hybridized carbons (Fsp3) is 0.0417. The zero-order chi connectivity index (χ0) is 24.8. The SMILES string of the molecule is CC(O)=C(N=Nc1ccc(C(=O)c2ccccc2C(=O)O)cc1O)C(=O)Nc1ccccc1Cl. The van der Waals surface area contributed by atoms with Gasteiger partial charge < -0.3 is 20.6 Å². The molecule has 3 rings (SSSR count). The Morgan fingerprint density at radius 3 is 2.18 bits per heavy atom. The first-order chi connectivity index (χ1) is 16.2. The van der Waals surface area contributed by atoms with Crippen LogP contribution in [0.5, 0.6) is 5.75 Å². The van der Waals surface area contributed by atoms with E-state index in [1.54, 1.807) is 24.3 Å². The Kier molecular flexibility index (Phi) is 7.39. The van der Waals surface area contributed by atoms with E-state index in [4.69, 9.17) is 11.6 Å². The number of hydrogen-bond acceptors (Lipinski definition) is 7. The van der Waals surface area contributed by atoms with Gasteiger partial charge in [0.25, 0.3) is 5.91 Å². The molecule has 0 aromatic heterocycles. The molecule has 3 aromatic carbocycles. The molecular formula is C24H18ClN3O6. The summed E-state index contributed by atoms with van der Waals surface area (Å²) in [5.41, 5.74) is -0.400. The van der Waals surface area contributed by atoms with Crippen molar-refractivity contribution in [3.05, 3.63) is 99.9 Å². The number of hydrogen-bond donors (Lipinski definition) is 4. The van der Waals surface area contributed by atoms with E-state index in [2.05, 4.69) is 15.5 Å². The largest absolute Gasteiger partial charge is 0.510 e. The van der Waals surface area contributed by atoms with Gasteiger partial charge in [0.05, 0.1) is 16.3 Å². The number of anilines is 1. The van der Waals surface area contributed by atoms with E-state index < -0.39 is 34.9 Å². The van der Waals surface area contributed by atoms with Crippen LogP contribution in [0.4, 0.5) is 11.4 Å². The lowest BCUT2D eigenvalue weighted by molar-refractivity contribution is -0.113. The number of phenols is 1. The van der Waals surface area contributed by atoms with Gasteiger partial charge in [0.1, 0.15) is 17.2 Å². The number of carboxylic acid groups (broad SMARTS) is 1. The Bertz CT molecular complexity index is 1350. The van der Waals surface area contributed by atoms with Crippen LogP contribution in [-0.2, 0) is 4.79 Å². The van der Waals surface area contributed by atoms with E-state index >= 15 is 0 Å². The van der Waals surface area contributed by atoms with Crippen LogP contribution in [0, 0.1) is 0 Å². The second-order valence-electron chi connectivity index (χ2n) is 6.95. The number of para-hydroxylation sites is 1. The number of azo groups is 1. The van der Waals surface area contributed by atoms with E-state index in [1.165, 1.54) is 43.3 Å². The molecule has 0 saturated carbocycles. The summed E-state index contributed by atoms with van der Waals surface area (Å²) in [5.74, 6) is -3.52. The molecule has 0 atom stereocenters. The summed E-state index contributed by atoms with van der Waals surface area (Å²) >= 11 is 6.02. The third-order valence-electron chi connectivity index (χ3n) is 4.58. The van der Waals surface area contributed by atoms with E-state index in [1.807, 2.05) is 0 Å². The highest BCUT2D eigenvalue weighted by molar-refractivity contribution is 6.33. The summed E-state index contributed by atoms with van der Waals surface area (Å²) in [6.45, 7) is 1.24. The van der Waals surface area contributed by atoms with Gasteiger partial charge in [0, 0.05) is 11.1 Å². The van der Waals surface area contributed by atoms with Crippen molar-refractivity contribution < 1.29 is 29.7 Å². The number of phenolic OH excluding ortho intramolecular Hbond substituents is 1. The van der Waals surface area contributed by atoms with Crippen molar-refractivity contribution in [1.82, 2.24) is 0 Å². The molecule has 0 unspecified atom stereocenters. The van der Waals surface area contributed by atoms with Crippen molar-refractivity contribution in [2.75, 3.05) is 5.32 Å². The van der Waals surface area contributed by atoms with Crippen molar-refractivity contribution in [1.29, 1.82) is 0 Å². The molecule has 0 saturated heterocycles. The third-order valence-corrected chi connectivity index (χ3v) is 4.91. The molecule has 0 spiro atoms. The summed E-state index contributed by atoms with van der Waals surface area (Å²) in [4.78, 5) is 36.6. The number of aliphatic hydroxyl groups excluding tert-OH is 1. The summed E-state index contributed by atoms with van der Waals surface area (Å²) in [5, 5.41) is 39.8. The van der Waals surface area contributed by atoms with Crippen LogP contribution in [0.1, 0.15) is 33.2 Å². The van der Waals surface area contributed by atoms with Gasteiger partial charge in [-0.2, -0.15) is 0 Å². The van der Waals surface area contributed by atoms with Crippen LogP contribution in [-0.4, -0.2) is 33.0 Å². The first-order valence-corrected chi connectivity index (χ1v) is 10.1. The van der Waals surface area contributed by atoms with Gasteiger partial charge in [-0.25, -0.2) is 4.79 Å². The highest BCUT2D eigenvalue weighted by atomic mass is 35.5. The van der Waals surface area contributed by atoms with E-state index in [9.17, 15) is 29.7 Å². The molecule has 0 aliphatic rings. The molecular weight excluding hydrogens is 462 g/mol. The van der Waals surface area contributed by atoms with Gasteiger partial charge in [-0.15, -0.1) is 10.2 Å². The Morgan fingerprint density at radius 1 is 0.912 bits per heavy atom. The monoisotopic (exact) mass is 479 g/mol. The van der Waals surface area contributed by atoms with Crippen LogP contribution in [0.2, 0.25) is 5.02 Å². The average molecular weight is 480 g/mol. The Labute approximate surface area is 198 Å². The van der Waals surface area contributed by atoms with E-state index in [0.29, 0.717) is 5.69 Å². The number of aromatic carboxylic acids is 1. The molecule has 4 N–H and O–H groups in total. The maximum atomic E-state index is 12.7. The molecule has 0 aliphatic carbocycles. The second-order valence-corrected chi connectivity index (χ2v) is 7.36. The van der Waals surface area contributed by atoms with Crippen molar-refractivity contribution in [2.24, 2.45) is 10.2 Å².